The first kappa shape index (κ1) is 59.8. The van der Waals surface area contributed by atoms with E-state index >= 15 is 0 Å². The van der Waals surface area contributed by atoms with E-state index in [-0.39, 0.29) is 18.9 Å². The molecule has 0 spiro atoms. The number of hydrogen-bond acceptors (Lipinski definition) is 4. The number of unbranched alkanes of at least 4 members (excludes halogenated alkanes) is 38. The van der Waals surface area contributed by atoms with Crippen molar-refractivity contribution in [3.63, 3.8) is 0 Å². The normalized spacial score (nSPS) is 13.5. The number of allylic oxidation sites excluding steroid dienone is 4. The van der Waals surface area contributed by atoms with E-state index in [0.29, 0.717) is 12.8 Å². The number of carbonyl (C=O) groups is 1. The highest BCUT2D eigenvalue weighted by Gasteiger charge is 2.21. The SMILES string of the molecule is CCCCCCCCCCC/C=C\C/C=C\CCCCCCCCCCCCCCCC(O)CC(=O)NC(CO)C(O)CCCCCCCCCCCCCCCCCCC. The molecule has 0 aromatic rings. The Morgan fingerprint density at radius 1 is 0.410 bits per heavy atom. The van der Waals surface area contributed by atoms with Gasteiger partial charge in [0.15, 0.2) is 0 Å². The van der Waals surface area contributed by atoms with Gasteiger partial charge in [-0.1, -0.05) is 276 Å². The van der Waals surface area contributed by atoms with Crippen molar-refractivity contribution in [3.05, 3.63) is 24.3 Å². The van der Waals surface area contributed by atoms with Crippen molar-refractivity contribution >= 4 is 5.91 Å². The summed E-state index contributed by atoms with van der Waals surface area (Å²) in [5.74, 6) is -0.279. The van der Waals surface area contributed by atoms with Crippen LogP contribution in [0.5, 0.6) is 0 Å². The topological polar surface area (TPSA) is 89.8 Å². The first-order chi connectivity index (χ1) is 30.0. The summed E-state index contributed by atoms with van der Waals surface area (Å²) in [6.45, 7) is 4.29. The summed E-state index contributed by atoms with van der Waals surface area (Å²) in [5, 5.41) is 33.6. The van der Waals surface area contributed by atoms with Gasteiger partial charge in [-0.2, -0.15) is 0 Å². The van der Waals surface area contributed by atoms with Crippen LogP contribution < -0.4 is 5.32 Å². The van der Waals surface area contributed by atoms with Crippen LogP contribution in [0.25, 0.3) is 0 Å². The Morgan fingerprint density at radius 3 is 1.03 bits per heavy atom. The van der Waals surface area contributed by atoms with Gasteiger partial charge in [0.2, 0.25) is 5.91 Å². The van der Waals surface area contributed by atoms with Gasteiger partial charge in [0.25, 0.3) is 0 Å². The first-order valence-corrected chi connectivity index (χ1v) is 27.6. The molecular formula is C56H109NO4. The lowest BCUT2D eigenvalue weighted by Crippen LogP contribution is -2.46. The van der Waals surface area contributed by atoms with Gasteiger partial charge >= 0.3 is 0 Å². The standard InChI is InChI=1S/C56H109NO4/c1-3-5-7-9-11-13-15-17-19-21-22-23-24-25-26-27-28-29-30-31-32-34-35-37-39-41-43-45-47-49-53(59)51-56(61)57-54(52-58)55(60)50-48-46-44-42-40-38-36-33-20-18-16-14-12-10-8-6-4-2/h22-23,25-26,53-55,58-60H,3-21,24,27-52H2,1-2H3,(H,57,61)/b23-22-,26-25-. The molecule has 0 fully saturated rings. The minimum Gasteiger partial charge on any atom is -0.394 e. The molecule has 0 aromatic carbocycles. The lowest BCUT2D eigenvalue weighted by molar-refractivity contribution is -0.125. The van der Waals surface area contributed by atoms with Crippen LogP contribution in [0.1, 0.15) is 303 Å². The second kappa shape index (κ2) is 51.5. The Kier molecular flexibility index (Phi) is 50.5. The van der Waals surface area contributed by atoms with Gasteiger partial charge in [0.05, 0.1) is 31.3 Å². The molecule has 0 aliphatic rings. The van der Waals surface area contributed by atoms with E-state index < -0.39 is 18.2 Å². The van der Waals surface area contributed by atoms with E-state index in [9.17, 15) is 20.1 Å². The summed E-state index contributed by atoms with van der Waals surface area (Å²) in [4.78, 5) is 12.5. The quantitative estimate of drug-likeness (QED) is 0.0362. The van der Waals surface area contributed by atoms with E-state index in [4.69, 9.17) is 0 Å². The number of aliphatic hydroxyl groups excluding tert-OH is 3. The van der Waals surface area contributed by atoms with Gasteiger partial charge in [-0.05, 0) is 44.9 Å². The monoisotopic (exact) mass is 860 g/mol. The molecule has 362 valence electrons. The van der Waals surface area contributed by atoms with E-state index in [1.165, 1.54) is 238 Å². The first-order valence-electron chi connectivity index (χ1n) is 27.6. The number of hydrogen-bond donors (Lipinski definition) is 4. The van der Waals surface area contributed by atoms with Gasteiger partial charge in [-0.15, -0.1) is 0 Å². The van der Waals surface area contributed by atoms with E-state index in [1.54, 1.807) is 0 Å². The van der Waals surface area contributed by atoms with Crippen LogP contribution in [0.15, 0.2) is 24.3 Å². The van der Waals surface area contributed by atoms with Gasteiger partial charge < -0.3 is 20.6 Å². The zero-order valence-corrected chi connectivity index (χ0v) is 41.3. The second-order valence-electron chi connectivity index (χ2n) is 19.2. The molecule has 0 aromatic heterocycles. The maximum absolute atomic E-state index is 12.5. The molecule has 61 heavy (non-hydrogen) atoms. The Labute approximate surface area is 382 Å². The predicted molar refractivity (Wildman–Crippen MR) is 268 cm³/mol. The molecule has 0 saturated heterocycles. The Morgan fingerprint density at radius 2 is 0.705 bits per heavy atom. The summed E-state index contributed by atoms with van der Waals surface area (Å²) in [5.41, 5.74) is 0. The van der Waals surface area contributed by atoms with Crippen molar-refractivity contribution in [2.24, 2.45) is 0 Å². The van der Waals surface area contributed by atoms with Crippen LogP contribution in [0.3, 0.4) is 0 Å². The molecule has 0 rings (SSSR count). The van der Waals surface area contributed by atoms with E-state index in [1.807, 2.05) is 0 Å². The molecule has 0 bridgehead atoms. The highest BCUT2D eigenvalue weighted by atomic mass is 16.3. The second-order valence-corrected chi connectivity index (χ2v) is 19.2. The van der Waals surface area contributed by atoms with Gasteiger partial charge in [0.1, 0.15) is 0 Å². The molecule has 1 amide bonds. The highest BCUT2D eigenvalue weighted by Crippen LogP contribution is 2.17. The molecule has 0 aliphatic carbocycles. The molecular weight excluding hydrogens is 751 g/mol. The Hall–Kier alpha value is -1.17. The van der Waals surface area contributed by atoms with Crippen LogP contribution in [0.4, 0.5) is 0 Å². The third-order valence-electron chi connectivity index (χ3n) is 13.0. The fraction of sp³-hybridized carbons (Fsp3) is 0.911. The molecule has 5 heteroatoms. The van der Waals surface area contributed by atoms with Crippen LogP contribution in [-0.2, 0) is 4.79 Å². The van der Waals surface area contributed by atoms with Crippen LogP contribution in [-0.4, -0.2) is 46.1 Å². The third-order valence-corrected chi connectivity index (χ3v) is 13.0. The molecule has 3 unspecified atom stereocenters. The molecule has 0 radical (unpaired) electrons. The van der Waals surface area contributed by atoms with Crippen molar-refractivity contribution in [2.75, 3.05) is 6.61 Å². The minimum atomic E-state index is -0.748. The summed E-state index contributed by atoms with van der Waals surface area (Å²) < 4.78 is 0. The van der Waals surface area contributed by atoms with E-state index in [2.05, 4.69) is 43.5 Å². The maximum Gasteiger partial charge on any atom is 0.222 e. The predicted octanol–water partition coefficient (Wildman–Crippen LogP) is 16.9. The molecule has 0 heterocycles. The molecule has 0 aliphatic heterocycles. The van der Waals surface area contributed by atoms with E-state index in [0.717, 1.165) is 32.1 Å². The summed E-state index contributed by atoms with van der Waals surface area (Å²) >= 11 is 0. The Bertz CT molecular complexity index is 905. The summed E-state index contributed by atoms with van der Waals surface area (Å²) in [6, 6.07) is -0.657. The zero-order chi connectivity index (χ0) is 44.4. The fourth-order valence-corrected chi connectivity index (χ4v) is 8.79. The molecule has 0 saturated carbocycles. The summed E-state index contributed by atoms with van der Waals surface area (Å²) in [7, 11) is 0. The van der Waals surface area contributed by atoms with Crippen molar-refractivity contribution < 1.29 is 20.1 Å². The van der Waals surface area contributed by atoms with Crippen molar-refractivity contribution in [3.8, 4) is 0 Å². The van der Waals surface area contributed by atoms with Gasteiger partial charge in [-0.25, -0.2) is 0 Å². The number of nitrogens with one attached hydrogen (secondary N) is 1. The molecule has 5 nitrogen and oxygen atoms in total. The minimum absolute atomic E-state index is 0.0384. The largest absolute Gasteiger partial charge is 0.394 e. The van der Waals surface area contributed by atoms with Gasteiger partial charge in [0, 0.05) is 0 Å². The number of aliphatic hydroxyl groups is 3. The fourth-order valence-electron chi connectivity index (χ4n) is 8.79. The zero-order valence-electron chi connectivity index (χ0n) is 41.3. The van der Waals surface area contributed by atoms with Crippen molar-refractivity contribution in [1.82, 2.24) is 5.32 Å². The number of amides is 1. The Balaban J connectivity index is 3.52. The third kappa shape index (κ3) is 48.1. The van der Waals surface area contributed by atoms with Crippen LogP contribution in [0, 0.1) is 0 Å². The molecule has 4 N–H and O–H groups in total. The smallest absolute Gasteiger partial charge is 0.222 e. The lowest BCUT2D eigenvalue weighted by atomic mass is 10.0. The van der Waals surface area contributed by atoms with Crippen molar-refractivity contribution in [1.29, 1.82) is 0 Å². The van der Waals surface area contributed by atoms with Gasteiger partial charge in [-0.3, -0.25) is 4.79 Å². The summed E-state index contributed by atoms with van der Waals surface area (Å²) in [6.07, 6.45) is 64.7. The number of rotatable bonds is 51. The molecule has 3 atom stereocenters. The highest BCUT2D eigenvalue weighted by molar-refractivity contribution is 5.76. The average molecular weight is 860 g/mol. The lowest BCUT2D eigenvalue weighted by Gasteiger charge is -2.23. The van der Waals surface area contributed by atoms with Crippen LogP contribution >= 0.6 is 0 Å². The van der Waals surface area contributed by atoms with Crippen molar-refractivity contribution in [2.45, 2.75) is 321 Å². The maximum atomic E-state index is 12.5. The average Bonchev–Trinajstić information content (AvgIpc) is 3.25. The number of carbonyl (C=O) groups excluding carboxylic acids is 1. The van der Waals surface area contributed by atoms with Crippen LogP contribution in [0.2, 0.25) is 0 Å².